The van der Waals surface area contributed by atoms with Crippen LogP contribution in [0, 0.1) is 5.41 Å². The summed E-state index contributed by atoms with van der Waals surface area (Å²) >= 11 is 0. The summed E-state index contributed by atoms with van der Waals surface area (Å²) in [6.07, 6.45) is 9.48. The van der Waals surface area contributed by atoms with Gasteiger partial charge in [-0.15, -0.1) is 10.2 Å². The van der Waals surface area contributed by atoms with Gasteiger partial charge in [0.2, 0.25) is 0 Å². The number of nitrogens with zero attached hydrogens (tertiary/aromatic N) is 3. The number of rotatable bonds is 5. The van der Waals surface area contributed by atoms with E-state index in [0.717, 1.165) is 44.1 Å². The van der Waals surface area contributed by atoms with Gasteiger partial charge >= 0.3 is 6.03 Å². The fourth-order valence-corrected chi connectivity index (χ4v) is 4.98. The second-order valence-electron chi connectivity index (χ2n) is 7.64. The first-order valence-corrected chi connectivity index (χ1v) is 9.80. The molecule has 0 bridgehead atoms. The van der Waals surface area contributed by atoms with Gasteiger partial charge in [-0.25, -0.2) is 4.79 Å². The molecule has 0 radical (unpaired) electrons. The zero-order valence-corrected chi connectivity index (χ0v) is 15.1. The molecule has 1 aromatic rings. The standard InChI is InChI=1S/C18H29N5O2/c1-2-25-14-11-13(18(14)8-4-3-5-9-18)20-17(24)19-12-16-22-21-15-7-6-10-23(15)16/h13-14H,2-12H2,1H3,(H2,19,20,24)/t13-,14-/m0/s1. The molecule has 2 heterocycles. The second kappa shape index (κ2) is 6.94. The Labute approximate surface area is 148 Å². The number of aryl methyl sites for hydroxylation is 1. The molecule has 1 aromatic heterocycles. The lowest BCUT2D eigenvalue weighted by atomic mass is 9.55. The number of ether oxygens (including phenoxy) is 1. The van der Waals surface area contributed by atoms with Crippen LogP contribution in [-0.4, -0.2) is 39.5 Å². The van der Waals surface area contributed by atoms with Gasteiger partial charge in [-0.05, 0) is 32.6 Å². The molecule has 7 nitrogen and oxygen atoms in total. The zero-order valence-electron chi connectivity index (χ0n) is 15.1. The van der Waals surface area contributed by atoms with E-state index in [0.29, 0.717) is 12.6 Å². The molecule has 4 rings (SSSR count). The van der Waals surface area contributed by atoms with E-state index in [4.69, 9.17) is 4.74 Å². The molecule has 138 valence electrons. The summed E-state index contributed by atoms with van der Waals surface area (Å²) < 4.78 is 8.08. The third-order valence-electron chi connectivity index (χ3n) is 6.34. The van der Waals surface area contributed by atoms with Crippen LogP contribution < -0.4 is 10.6 Å². The van der Waals surface area contributed by atoms with Crippen molar-refractivity contribution in [2.75, 3.05) is 6.61 Å². The monoisotopic (exact) mass is 347 g/mol. The third kappa shape index (κ3) is 3.03. The van der Waals surface area contributed by atoms with Crippen molar-refractivity contribution in [3.8, 4) is 0 Å². The van der Waals surface area contributed by atoms with Crippen LogP contribution in [0.15, 0.2) is 0 Å². The molecule has 25 heavy (non-hydrogen) atoms. The van der Waals surface area contributed by atoms with Crippen LogP contribution in [0.4, 0.5) is 4.79 Å². The highest BCUT2D eigenvalue weighted by Gasteiger charge is 2.56. The fourth-order valence-electron chi connectivity index (χ4n) is 4.98. The molecule has 0 unspecified atom stereocenters. The summed E-state index contributed by atoms with van der Waals surface area (Å²) in [7, 11) is 0. The first-order chi connectivity index (χ1) is 12.2. The van der Waals surface area contributed by atoms with Crippen LogP contribution in [0.5, 0.6) is 0 Å². The minimum atomic E-state index is -0.0970. The van der Waals surface area contributed by atoms with Gasteiger partial charge in [0, 0.05) is 31.0 Å². The van der Waals surface area contributed by atoms with E-state index in [9.17, 15) is 4.79 Å². The van der Waals surface area contributed by atoms with Gasteiger partial charge in [-0.1, -0.05) is 19.3 Å². The van der Waals surface area contributed by atoms with Gasteiger partial charge < -0.3 is 19.9 Å². The number of aromatic nitrogens is 3. The van der Waals surface area contributed by atoms with Crippen molar-refractivity contribution in [1.29, 1.82) is 0 Å². The number of fused-ring (bicyclic) bond motifs is 1. The number of carbonyl (C=O) groups is 1. The lowest BCUT2D eigenvalue weighted by Crippen LogP contribution is -2.66. The number of hydrogen-bond donors (Lipinski definition) is 2. The Morgan fingerprint density at radius 1 is 1.28 bits per heavy atom. The molecule has 7 heteroatoms. The Kier molecular flexibility index (Phi) is 4.67. The van der Waals surface area contributed by atoms with Crippen LogP contribution in [0.3, 0.4) is 0 Å². The van der Waals surface area contributed by atoms with Crippen molar-refractivity contribution < 1.29 is 9.53 Å². The Hall–Kier alpha value is -1.63. The van der Waals surface area contributed by atoms with Crippen molar-refractivity contribution in [2.24, 2.45) is 5.41 Å². The molecule has 2 fully saturated rings. The van der Waals surface area contributed by atoms with Crippen molar-refractivity contribution in [2.45, 2.75) is 83.5 Å². The Balaban J connectivity index is 1.32. The average Bonchev–Trinajstić information content (AvgIpc) is 3.24. The third-order valence-corrected chi connectivity index (χ3v) is 6.34. The van der Waals surface area contributed by atoms with Gasteiger partial charge in [-0.3, -0.25) is 0 Å². The zero-order chi connectivity index (χ0) is 17.3. The van der Waals surface area contributed by atoms with Crippen LogP contribution >= 0.6 is 0 Å². The lowest BCUT2D eigenvalue weighted by Gasteiger charge is -2.57. The van der Waals surface area contributed by atoms with Crippen molar-refractivity contribution in [3.63, 3.8) is 0 Å². The molecule has 2 atom stereocenters. The van der Waals surface area contributed by atoms with Crippen LogP contribution in [0.2, 0.25) is 0 Å². The van der Waals surface area contributed by atoms with Crippen LogP contribution in [0.1, 0.15) is 63.5 Å². The molecule has 1 spiro atoms. The first kappa shape index (κ1) is 16.8. The number of urea groups is 1. The largest absolute Gasteiger partial charge is 0.378 e. The number of amides is 2. The molecule has 2 N–H and O–H groups in total. The topological polar surface area (TPSA) is 81.1 Å². The minimum absolute atomic E-state index is 0.0970. The smallest absolute Gasteiger partial charge is 0.315 e. The van der Waals surface area contributed by atoms with E-state index in [-0.39, 0.29) is 17.5 Å². The van der Waals surface area contributed by atoms with E-state index in [1.54, 1.807) is 0 Å². The molecule has 2 amide bonds. The van der Waals surface area contributed by atoms with Gasteiger partial charge in [-0.2, -0.15) is 0 Å². The van der Waals surface area contributed by atoms with E-state index in [1.165, 1.54) is 32.1 Å². The predicted octanol–water partition coefficient (Wildman–Crippen LogP) is 2.15. The number of carbonyl (C=O) groups excluding carboxylic acids is 1. The van der Waals surface area contributed by atoms with Crippen molar-refractivity contribution in [3.05, 3.63) is 11.6 Å². The van der Waals surface area contributed by atoms with Crippen LogP contribution in [-0.2, 0) is 24.2 Å². The number of nitrogens with one attached hydrogen (secondary N) is 2. The average molecular weight is 347 g/mol. The van der Waals surface area contributed by atoms with Gasteiger partial charge in [0.15, 0.2) is 5.82 Å². The maximum absolute atomic E-state index is 12.4. The van der Waals surface area contributed by atoms with Gasteiger partial charge in [0.25, 0.3) is 0 Å². The Morgan fingerprint density at radius 3 is 2.92 bits per heavy atom. The molecule has 0 aromatic carbocycles. The summed E-state index contributed by atoms with van der Waals surface area (Å²) in [5, 5.41) is 14.6. The summed E-state index contributed by atoms with van der Waals surface area (Å²) in [5.74, 6) is 1.90. The fraction of sp³-hybridized carbons (Fsp3) is 0.833. The summed E-state index contributed by atoms with van der Waals surface area (Å²) in [5.41, 5.74) is 0.154. The highest BCUT2D eigenvalue weighted by atomic mass is 16.5. The maximum atomic E-state index is 12.4. The van der Waals surface area contributed by atoms with Crippen molar-refractivity contribution in [1.82, 2.24) is 25.4 Å². The van der Waals surface area contributed by atoms with Crippen molar-refractivity contribution >= 4 is 6.03 Å². The quantitative estimate of drug-likeness (QED) is 0.855. The molecular formula is C18H29N5O2. The van der Waals surface area contributed by atoms with Crippen LogP contribution in [0.25, 0.3) is 0 Å². The Bertz CT molecular complexity index is 623. The normalized spacial score (nSPS) is 26.9. The molecule has 2 aliphatic carbocycles. The molecule has 1 aliphatic heterocycles. The first-order valence-electron chi connectivity index (χ1n) is 9.80. The van der Waals surface area contributed by atoms with Gasteiger partial charge in [0.1, 0.15) is 5.82 Å². The molecule has 0 saturated heterocycles. The molecule has 3 aliphatic rings. The van der Waals surface area contributed by atoms with E-state index >= 15 is 0 Å². The predicted molar refractivity (Wildman–Crippen MR) is 93.1 cm³/mol. The van der Waals surface area contributed by atoms with E-state index in [1.807, 2.05) is 0 Å². The highest BCUT2D eigenvalue weighted by molar-refractivity contribution is 5.74. The Morgan fingerprint density at radius 2 is 2.12 bits per heavy atom. The van der Waals surface area contributed by atoms with Gasteiger partial charge in [0.05, 0.1) is 12.6 Å². The summed E-state index contributed by atoms with van der Waals surface area (Å²) in [6, 6.07) is 0.133. The second-order valence-corrected chi connectivity index (χ2v) is 7.64. The molecular weight excluding hydrogens is 318 g/mol. The van der Waals surface area contributed by atoms with E-state index < -0.39 is 0 Å². The summed E-state index contributed by atoms with van der Waals surface area (Å²) in [6.45, 7) is 4.21. The molecule has 2 saturated carbocycles. The SMILES string of the molecule is CCO[C@H]1C[C@H](NC(=O)NCc2nnc3n2CCC3)C12CCCCC2. The summed E-state index contributed by atoms with van der Waals surface area (Å²) in [4.78, 5) is 12.4. The van der Waals surface area contributed by atoms with E-state index in [2.05, 4.69) is 32.3 Å². The minimum Gasteiger partial charge on any atom is -0.378 e. The highest BCUT2D eigenvalue weighted by Crippen LogP contribution is 2.53. The number of hydrogen-bond acceptors (Lipinski definition) is 4. The lowest BCUT2D eigenvalue weighted by molar-refractivity contribution is -0.146. The maximum Gasteiger partial charge on any atom is 0.315 e.